The molecule has 11 nitrogen and oxygen atoms in total. The zero-order valence-corrected chi connectivity index (χ0v) is 17.7. The van der Waals surface area contributed by atoms with Crippen molar-refractivity contribution in [2.45, 2.75) is 51.2 Å². The molecule has 0 bridgehead atoms. The van der Waals surface area contributed by atoms with E-state index in [0.717, 1.165) is 0 Å². The van der Waals surface area contributed by atoms with Gasteiger partial charge in [0.2, 0.25) is 11.8 Å². The van der Waals surface area contributed by atoms with Gasteiger partial charge in [-0.3, -0.25) is 14.6 Å². The molecule has 1 rings (SSSR count). The molecule has 0 saturated heterocycles. The number of amides is 2. The summed E-state index contributed by atoms with van der Waals surface area (Å²) in [6.45, 7) is 3.78. The Hall–Kier alpha value is -3.34. The zero-order valence-electron chi connectivity index (χ0n) is 17.7. The summed E-state index contributed by atoms with van der Waals surface area (Å²) in [5.41, 5.74) is 17.0. The van der Waals surface area contributed by atoms with E-state index in [-0.39, 0.29) is 24.0 Å². The smallest absolute Gasteiger partial charge is 0.326 e. The van der Waals surface area contributed by atoms with Gasteiger partial charge in [0.25, 0.3) is 0 Å². The molecule has 0 aliphatic carbocycles. The molecule has 0 heterocycles. The van der Waals surface area contributed by atoms with E-state index >= 15 is 0 Å². The first kappa shape index (κ1) is 25.7. The molecule has 1 aromatic rings. The van der Waals surface area contributed by atoms with Crippen molar-refractivity contribution in [3.63, 3.8) is 0 Å². The number of carboxylic acid groups (broad SMARTS) is 1. The fourth-order valence-corrected chi connectivity index (χ4v) is 2.78. The predicted octanol–water partition coefficient (Wildman–Crippen LogP) is -0.974. The highest BCUT2D eigenvalue weighted by molar-refractivity contribution is 5.92. The summed E-state index contributed by atoms with van der Waals surface area (Å²) in [6.07, 6.45) is 0.816. The quantitative estimate of drug-likeness (QED) is 0.123. The summed E-state index contributed by atoms with van der Waals surface area (Å²) in [5.74, 6) is -2.66. The number of guanidine groups is 1. The summed E-state index contributed by atoms with van der Waals surface area (Å²) >= 11 is 0. The van der Waals surface area contributed by atoms with Crippen LogP contribution in [0.15, 0.2) is 29.3 Å². The lowest BCUT2D eigenvalue weighted by molar-refractivity contribution is -0.142. The lowest BCUT2D eigenvalue weighted by atomic mass is 10.0. The van der Waals surface area contributed by atoms with Gasteiger partial charge in [-0.2, -0.15) is 0 Å². The minimum Gasteiger partial charge on any atom is -0.508 e. The van der Waals surface area contributed by atoms with Crippen LogP contribution < -0.4 is 27.8 Å². The van der Waals surface area contributed by atoms with Crippen molar-refractivity contribution in [1.29, 1.82) is 0 Å². The number of hydrogen-bond acceptors (Lipinski definition) is 6. The third-order valence-corrected chi connectivity index (χ3v) is 4.54. The highest BCUT2D eigenvalue weighted by Gasteiger charge is 2.30. The largest absolute Gasteiger partial charge is 0.508 e. The van der Waals surface area contributed by atoms with Crippen LogP contribution in [0.4, 0.5) is 0 Å². The van der Waals surface area contributed by atoms with Crippen LogP contribution in [0.5, 0.6) is 5.75 Å². The standard InChI is InChI=1S/C20H32N6O5/c1-11(2)16(26-17(28)14(21)4-3-9-24-20(22)23)18(29)25-15(19(30)31)10-12-5-7-13(27)8-6-12/h5-8,11,14-16,27H,3-4,9-10,21H2,1-2H3,(H,25,29)(H,26,28)(H,30,31)(H4,22,23,24)/t14-,15-,16-/m0/s1. The van der Waals surface area contributed by atoms with E-state index in [4.69, 9.17) is 17.2 Å². The first-order valence-electron chi connectivity index (χ1n) is 9.93. The highest BCUT2D eigenvalue weighted by atomic mass is 16.4. The number of nitrogens with two attached hydrogens (primary N) is 3. The van der Waals surface area contributed by atoms with Crippen molar-refractivity contribution in [3.8, 4) is 5.75 Å². The second kappa shape index (κ2) is 12.4. The minimum absolute atomic E-state index is 0.0183. The monoisotopic (exact) mass is 436 g/mol. The van der Waals surface area contributed by atoms with Crippen LogP contribution in [-0.4, -0.2) is 58.6 Å². The van der Waals surface area contributed by atoms with Crippen molar-refractivity contribution >= 4 is 23.7 Å². The SMILES string of the molecule is CC(C)[C@H](NC(=O)[C@@H](N)CCCN=C(N)N)C(=O)N[C@@H](Cc1ccc(O)cc1)C(=O)O. The summed E-state index contributed by atoms with van der Waals surface area (Å²) in [4.78, 5) is 40.6. The average molecular weight is 437 g/mol. The van der Waals surface area contributed by atoms with E-state index in [2.05, 4.69) is 15.6 Å². The number of carboxylic acids is 1. The summed E-state index contributed by atoms with van der Waals surface area (Å²) in [5, 5.41) is 23.9. The Bertz CT molecular complexity index is 777. The van der Waals surface area contributed by atoms with E-state index in [1.165, 1.54) is 12.1 Å². The maximum Gasteiger partial charge on any atom is 0.326 e. The number of nitrogens with one attached hydrogen (secondary N) is 2. The van der Waals surface area contributed by atoms with Crippen molar-refractivity contribution < 1.29 is 24.6 Å². The lowest BCUT2D eigenvalue weighted by Gasteiger charge is -2.25. The number of phenols is 1. The second-order valence-corrected chi connectivity index (χ2v) is 7.56. The number of aromatic hydroxyl groups is 1. The molecule has 0 fully saturated rings. The van der Waals surface area contributed by atoms with Crippen molar-refractivity contribution in [3.05, 3.63) is 29.8 Å². The van der Waals surface area contributed by atoms with Crippen LogP contribution in [0.1, 0.15) is 32.3 Å². The lowest BCUT2D eigenvalue weighted by Crippen LogP contribution is -2.56. The Morgan fingerprint density at radius 1 is 1.06 bits per heavy atom. The molecule has 0 aliphatic rings. The molecule has 0 aliphatic heterocycles. The van der Waals surface area contributed by atoms with E-state index in [9.17, 15) is 24.6 Å². The zero-order chi connectivity index (χ0) is 23.6. The number of nitrogens with zero attached hydrogens (tertiary/aromatic N) is 1. The number of aliphatic carboxylic acids is 1. The van der Waals surface area contributed by atoms with Gasteiger partial charge in [0, 0.05) is 13.0 Å². The second-order valence-electron chi connectivity index (χ2n) is 7.56. The van der Waals surface area contributed by atoms with Crippen LogP contribution in [0, 0.1) is 5.92 Å². The number of hydrogen-bond donors (Lipinski definition) is 7. The van der Waals surface area contributed by atoms with Crippen LogP contribution in [0.2, 0.25) is 0 Å². The number of aliphatic imine (C=N–C) groups is 1. The van der Waals surface area contributed by atoms with E-state index in [1.54, 1.807) is 26.0 Å². The minimum atomic E-state index is -1.22. The number of carbonyl (C=O) groups is 3. The number of carbonyl (C=O) groups excluding carboxylic acids is 2. The molecule has 0 saturated carbocycles. The Morgan fingerprint density at radius 2 is 1.68 bits per heavy atom. The maximum atomic E-state index is 12.7. The molecule has 10 N–H and O–H groups in total. The molecule has 1 aromatic carbocycles. The molecule has 11 heteroatoms. The highest BCUT2D eigenvalue weighted by Crippen LogP contribution is 2.12. The number of benzene rings is 1. The van der Waals surface area contributed by atoms with Gasteiger partial charge in [-0.15, -0.1) is 0 Å². The first-order valence-corrected chi connectivity index (χ1v) is 9.93. The Balaban J connectivity index is 2.73. The van der Waals surface area contributed by atoms with Gasteiger partial charge in [-0.25, -0.2) is 4.79 Å². The van der Waals surface area contributed by atoms with Crippen LogP contribution in [0.3, 0.4) is 0 Å². The number of rotatable bonds is 12. The first-order chi connectivity index (χ1) is 14.5. The Labute approximate surface area is 181 Å². The average Bonchev–Trinajstić information content (AvgIpc) is 2.69. The molecule has 0 aromatic heterocycles. The normalized spacial score (nSPS) is 13.7. The molecular formula is C20H32N6O5. The van der Waals surface area contributed by atoms with Crippen LogP contribution in [-0.2, 0) is 20.8 Å². The fourth-order valence-electron chi connectivity index (χ4n) is 2.78. The molecule has 2 amide bonds. The van der Waals surface area contributed by atoms with Gasteiger partial charge in [0.15, 0.2) is 5.96 Å². The van der Waals surface area contributed by atoms with Crippen LogP contribution >= 0.6 is 0 Å². The van der Waals surface area contributed by atoms with Crippen LogP contribution in [0.25, 0.3) is 0 Å². The molecule has 0 unspecified atom stereocenters. The third-order valence-electron chi connectivity index (χ3n) is 4.54. The predicted molar refractivity (Wildman–Crippen MR) is 116 cm³/mol. The van der Waals surface area contributed by atoms with Gasteiger partial charge >= 0.3 is 5.97 Å². The third kappa shape index (κ3) is 9.34. The van der Waals surface area contributed by atoms with Gasteiger partial charge in [0.1, 0.15) is 17.8 Å². The van der Waals surface area contributed by atoms with E-state index in [1.807, 2.05) is 0 Å². The van der Waals surface area contributed by atoms with Gasteiger partial charge in [-0.05, 0) is 36.5 Å². The van der Waals surface area contributed by atoms with Gasteiger partial charge < -0.3 is 38.0 Å². The fraction of sp³-hybridized carbons (Fsp3) is 0.500. The van der Waals surface area contributed by atoms with E-state index < -0.39 is 35.9 Å². The van der Waals surface area contributed by atoms with Crippen molar-refractivity contribution in [2.75, 3.05) is 6.54 Å². The summed E-state index contributed by atoms with van der Waals surface area (Å²) < 4.78 is 0. The topological polar surface area (TPSA) is 206 Å². The molecule has 31 heavy (non-hydrogen) atoms. The van der Waals surface area contributed by atoms with Crippen molar-refractivity contribution in [2.24, 2.45) is 28.1 Å². The molecule has 172 valence electrons. The van der Waals surface area contributed by atoms with Crippen molar-refractivity contribution in [1.82, 2.24) is 10.6 Å². The van der Waals surface area contributed by atoms with E-state index in [0.29, 0.717) is 24.9 Å². The Morgan fingerprint density at radius 3 is 2.19 bits per heavy atom. The Kier molecular flexibility index (Phi) is 10.3. The summed E-state index contributed by atoms with van der Waals surface area (Å²) in [7, 11) is 0. The number of phenolic OH excluding ortho intramolecular Hbond substituents is 1. The molecular weight excluding hydrogens is 404 g/mol. The van der Waals surface area contributed by atoms with Gasteiger partial charge in [-0.1, -0.05) is 26.0 Å². The molecule has 0 spiro atoms. The van der Waals surface area contributed by atoms with Gasteiger partial charge in [0.05, 0.1) is 6.04 Å². The molecule has 0 radical (unpaired) electrons. The summed E-state index contributed by atoms with van der Waals surface area (Å²) in [6, 6.07) is 2.97. The molecule has 3 atom stereocenters. The maximum absolute atomic E-state index is 12.7.